The lowest BCUT2D eigenvalue weighted by Crippen LogP contribution is -2.34. The number of ether oxygens (including phenoxy) is 1. The summed E-state index contributed by atoms with van der Waals surface area (Å²) in [6, 6.07) is 0. The van der Waals surface area contributed by atoms with Gasteiger partial charge in [-0.2, -0.15) is 0 Å². The van der Waals surface area contributed by atoms with E-state index < -0.39 is 0 Å². The Bertz CT molecular complexity index is 333. The van der Waals surface area contributed by atoms with E-state index in [0.717, 1.165) is 6.42 Å². The number of amides is 2. The second kappa shape index (κ2) is 2.92. The monoisotopic (exact) mass is 207 g/mol. The number of hydrogen-bond acceptors (Lipinski definition) is 3. The first-order valence-corrected chi connectivity index (χ1v) is 5.43. The maximum absolute atomic E-state index is 12.0. The first-order valence-electron chi connectivity index (χ1n) is 5.43. The topological polar surface area (TPSA) is 46.6 Å². The van der Waals surface area contributed by atoms with E-state index >= 15 is 0 Å². The summed E-state index contributed by atoms with van der Waals surface area (Å²) in [5, 5.41) is 0. The fraction of sp³-hybridized carbons (Fsp3) is 0.636. The van der Waals surface area contributed by atoms with Crippen LogP contribution in [0.2, 0.25) is 0 Å². The van der Waals surface area contributed by atoms with Crippen LogP contribution >= 0.6 is 0 Å². The zero-order chi connectivity index (χ0) is 10.6. The Morgan fingerprint density at radius 1 is 1.20 bits per heavy atom. The zero-order valence-electron chi connectivity index (χ0n) is 8.55. The van der Waals surface area contributed by atoms with E-state index in [1.54, 1.807) is 0 Å². The Kier molecular flexibility index (Phi) is 1.77. The molecule has 80 valence electrons. The van der Waals surface area contributed by atoms with Crippen LogP contribution in [0.4, 0.5) is 0 Å². The van der Waals surface area contributed by atoms with Crippen molar-refractivity contribution >= 4 is 11.8 Å². The van der Waals surface area contributed by atoms with E-state index in [2.05, 4.69) is 0 Å². The Morgan fingerprint density at radius 2 is 1.73 bits per heavy atom. The van der Waals surface area contributed by atoms with E-state index in [1.165, 1.54) is 4.90 Å². The van der Waals surface area contributed by atoms with Crippen molar-refractivity contribution in [1.82, 2.24) is 4.90 Å². The molecule has 2 saturated heterocycles. The number of imide groups is 1. The highest BCUT2D eigenvalue weighted by atomic mass is 16.5. The van der Waals surface area contributed by atoms with Gasteiger partial charge >= 0.3 is 0 Å². The van der Waals surface area contributed by atoms with E-state index in [4.69, 9.17) is 4.74 Å². The minimum absolute atomic E-state index is 0.0382. The van der Waals surface area contributed by atoms with Crippen LogP contribution < -0.4 is 0 Å². The molecular weight excluding hydrogens is 194 g/mol. The van der Waals surface area contributed by atoms with Gasteiger partial charge < -0.3 is 4.74 Å². The molecule has 0 aromatic rings. The van der Waals surface area contributed by atoms with E-state index in [-0.39, 0.29) is 35.9 Å². The van der Waals surface area contributed by atoms with Gasteiger partial charge in [0.15, 0.2) is 0 Å². The van der Waals surface area contributed by atoms with E-state index in [1.807, 2.05) is 19.1 Å². The molecule has 3 rings (SSSR count). The number of nitrogens with zero attached hydrogens (tertiary/aromatic N) is 1. The molecule has 2 amide bonds. The lowest BCUT2D eigenvalue weighted by atomic mass is 9.85. The smallest absolute Gasteiger partial charge is 0.236 e. The number of carbonyl (C=O) groups is 2. The Morgan fingerprint density at radius 3 is 2.20 bits per heavy atom. The standard InChI is InChI=1S/C11H13NO3/c1-2-5-12-10(13)8-6-3-4-7(15-6)9(8)11(12)14/h3-4,6-9H,2,5H2,1H3. The summed E-state index contributed by atoms with van der Waals surface area (Å²) in [5.41, 5.74) is 0. The normalized spacial score (nSPS) is 41.8. The van der Waals surface area contributed by atoms with Gasteiger partial charge in [0.05, 0.1) is 24.0 Å². The van der Waals surface area contributed by atoms with Gasteiger partial charge in [0.25, 0.3) is 0 Å². The fourth-order valence-corrected chi connectivity index (χ4v) is 2.81. The van der Waals surface area contributed by atoms with Crippen molar-refractivity contribution in [3.8, 4) is 0 Å². The molecule has 15 heavy (non-hydrogen) atoms. The number of rotatable bonds is 2. The highest BCUT2D eigenvalue weighted by Gasteiger charge is 2.60. The lowest BCUT2D eigenvalue weighted by Gasteiger charge is -2.16. The molecule has 4 heteroatoms. The second-order valence-corrected chi connectivity index (χ2v) is 4.33. The maximum Gasteiger partial charge on any atom is 0.236 e. The first kappa shape index (κ1) is 9.09. The molecule has 0 aromatic carbocycles. The molecule has 0 aromatic heterocycles. The third-order valence-corrected chi connectivity index (χ3v) is 3.45. The van der Waals surface area contributed by atoms with Crippen LogP contribution in [0.15, 0.2) is 12.2 Å². The molecule has 0 aliphatic carbocycles. The Hall–Kier alpha value is -1.16. The van der Waals surface area contributed by atoms with Crippen molar-refractivity contribution in [2.75, 3.05) is 6.54 Å². The highest BCUT2D eigenvalue weighted by Crippen LogP contribution is 2.44. The number of likely N-dealkylation sites (tertiary alicyclic amines) is 1. The predicted molar refractivity (Wildman–Crippen MR) is 51.8 cm³/mol. The van der Waals surface area contributed by atoms with Crippen molar-refractivity contribution in [2.24, 2.45) is 11.8 Å². The molecule has 4 nitrogen and oxygen atoms in total. The molecule has 0 N–H and O–H groups in total. The molecule has 3 aliphatic heterocycles. The van der Waals surface area contributed by atoms with Crippen LogP contribution in [0, 0.1) is 11.8 Å². The number of carbonyl (C=O) groups excluding carboxylic acids is 2. The Labute approximate surface area is 87.9 Å². The van der Waals surface area contributed by atoms with Gasteiger partial charge in [-0.15, -0.1) is 0 Å². The van der Waals surface area contributed by atoms with Gasteiger partial charge in [-0.1, -0.05) is 19.1 Å². The average molecular weight is 207 g/mol. The van der Waals surface area contributed by atoms with Gasteiger partial charge in [-0.3, -0.25) is 14.5 Å². The van der Waals surface area contributed by atoms with Crippen molar-refractivity contribution < 1.29 is 14.3 Å². The second-order valence-electron chi connectivity index (χ2n) is 4.33. The quantitative estimate of drug-likeness (QED) is 0.484. The number of hydrogen-bond donors (Lipinski definition) is 0. The summed E-state index contributed by atoms with van der Waals surface area (Å²) in [5.74, 6) is -0.550. The summed E-state index contributed by atoms with van der Waals surface area (Å²) in [4.78, 5) is 25.3. The van der Waals surface area contributed by atoms with Crippen LogP contribution in [0.5, 0.6) is 0 Å². The molecule has 2 fully saturated rings. The van der Waals surface area contributed by atoms with Crippen LogP contribution in [-0.4, -0.2) is 35.5 Å². The van der Waals surface area contributed by atoms with Crippen molar-refractivity contribution in [2.45, 2.75) is 25.6 Å². The fourth-order valence-electron chi connectivity index (χ4n) is 2.81. The average Bonchev–Trinajstić information content (AvgIpc) is 2.87. The van der Waals surface area contributed by atoms with E-state index in [0.29, 0.717) is 6.54 Å². The Balaban J connectivity index is 1.93. The first-order chi connectivity index (χ1) is 7.24. The number of fused-ring (bicyclic) bond motifs is 5. The molecule has 0 radical (unpaired) electrons. The maximum atomic E-state index is 12.0. The zero-order valence-corrected chi connectivity index (χ0v) is 8.55. The minimum atomic E-state index is -0.237. The summed E-state index contributed by atoms with van der Waals surface area (Å²) in [7, 11) is 0. The molecule has 2 bridgehead atoms. The SMILES string of the molecule is CCCN1C(=O)C2C3C=CC(O3)C2C1=O. The minimum Gasteiger partial charge on any atom is -0.365 e. The summed E-state index contributed by atoms with van der Waals surface area (Å²) in [6.07, 6.45) is 4.33. The van der Waals surface area contributed by atoms with Crippen molar-refractivity contribution in [1.29, 1.82) is 0 Å². The van der Waals surface area contributed by atoms with Crippen LogP contribution in [0.25, 0.3) is 0 Å². The van der Waals surface area contributed by atoms with Crippen molar-refractivity contribution in [3.63, 3.8) is 0 Å². The molecule has 4 unspecified atom stereocenters. The molecule has 0 saturated carbocycles. The highest BCUT2D eigenvalue weighted by molar-refractivity contribution is 6.06. The van der Waals surface area contributed by atoms with Crippen LogP contribution in [-0.2, 0) is 14.3 Å². The molecule has 3 aliphatic rings. The van der Waals surface area contributed by atoms with Gasteiger partial charge in [0.2, 0.25) is 11.8 Å². The van der Waals surface area contributed by atoms with Gasteiger partial charge in [0.1, 0.15) is 0 Å². The van der Waals surface area contributed by atoms with Crippen LogP contribution in [0.1, 0.15) is 13.3 Å². The lowest BCUT2D eigenvalue weighted by molar-refractivity contribution is -0.142. The molecular formula is C11H13NO3. The molecule has 3 heterocycles. The largest absolute Gasteiger partial charge is 0.365 e. The van der Waals surface area contributed by atoms with Crippen molar-refractivity contribution in [3.05, 3.63) is 12.2 Å². The third-order valence-electron chi connectivity index (χ3n) is 3.45. The molecule has 4 atom stereocenters. The summed E-state index contributed by atoms with van der Waals surface area (Å²) >= 11 is 0. The predicted octanol–water partition coefficient (Wildman–Crippen LogP) is 0.335. The molecule has 0 spiro atoms. The summed E-state index contributed by atoms with van der Waals surface area (Å²) in [6.45, 7) is 2.52. The van der Waals surface area contributed by atoms with E-state index in [9.17, 15) is 9.59 Å². The third kappa shape index (κ3) is 1.00. The summed E-state index contributed by atoms with van der Waals surface area (Å²) < 4.78 is 5.53. The van der Waals surface area contributed by atoms with Gasteiger partial charge in [0, 0.05) is 6.54 Å². The van der Waals surface area contributed by atoms with Gasteiger partial charge in [-0.05, 0) is 6.42 Å². The van der Waals surface area contributed by atoms with Crippen LogP contribution in [0.3, 0.4) is 0 Å². The van der Waals surface area contributed by atoms with Gasteiger partial charge in [-0.25, -0.2) is 0 Å².